The molecule has 10 heteroatoms. The van der Waals surface area contributed by atoms with Crippen LogP contribution in [0.1, 0.15) is 53.2 Å². The molecule has 2 heterocycles. The van der Waals surface area contributed by atoms with Crippen molar-refractivity contribution < 1.29 is 19.1 Å². The van der Waals surface area contributed by atoms with E-state index in [9.17, 15) is 9.59 Å². The lowest BCUT2D eigenvalue weighted by molar-refractivity contribution is 0.0987. The van der Waals surface area contributed by atoms with Gasteiger partial charge in [-0.05, 0) is 41.5 Å². The lowest BCUT2D eigenvalue weighted by atomic mass is 10.2. The second-order valence-corrected chi connectivity index (χ2v) is 7.51. The number of unbranched alkanes of at least 4 members (excludes halogenated alkanes) is 1. The van der Waals surface area contributed by atoms with E-state index in [2.05, 4.69) is 44.9 Å². The molecule has 0 saturated carbocycles. The van der Waals surface area contributed by atoms with Gasteiger partial charge in [0.15, 0.2) is 0 Å². The molecule has 158 valence electrons. The first-order valence-electron chi connectivity index (χ1n) is 9.40. The summed E-state index contributed by atoms with van der Waals surface area (Å²) in [4.78, 5) is 29.4. The van der Waals surface area contributed by atoms with Gasteiger partial charge in [-0.1, -0.05) is 20.3 Å². The molecule has 0 saturated heterocycles. The Labute approximate surface area is 183 Å². The van der Waals surface area contributed by atoms with Crippen molar-refractivity contribution in [2.24, 2.45) is 5.73 Å². The van der Waals surface area contributed by atoms with Crippen LogP contribution in [0.5, 0.6) is 5.88 Å². The maximum Gasteiger partial charge on any atom is 0.269 e. The van der Waals surface area contributed by atoms with Gasteiger partial charge in [-0.25, -0.2) is 4.98 Å². The van der Waals surface area contributed by atoms with Crippen molar-refractivity contribution in [2.45, 2.75) is 39.7 Å². The van der Waals surface area contributed by atoms with Crippen LogP contribution < -0.4 is 15.8 Å². The Hall–Kier alpha value is -2.21. The number of nitrogens with zero attached hydrogens (tertiary/aromatic N) is 3. The number of aromatic nitrogens is 3. The first-order chi connectivity index (χ1) is 13.9. The van der Waals surface area contributed by atoms with Crippen LogP contribution in [0.3, 0.4) is 0 Å². The molecule has 29 heavy (non-hydrogen) atoms. The zero-order chi connectivity index (χ0) is 21.4. The number of rotatable bonds is 11. The molecule has 0 spiro atoms. The number of pyridine rings is 1. The predicted octanol–water partition coefficient (Wildman–Crippen LogP) is 2.62. The van der Waals surface area contributed by atoms with Gasteiger partial charge in [-0.15, -0.1) is 0 Å². The first-order valence-corrected chi connectivity index (χ1v) is 10.5. The third kappa shape index (κ3) is 5.89. The number of amides is 2. The molecule has 2 aromatic rings. The molecule has 0 bridgehead atoms. The quantitative estimate of drug-likeness (QED) is 0.351. The lowest BCUT2D eigenvalue weighted by Crippen LogP contribution is -2.23. The van der Waals surface area contributed by atoms with Gasteiger partial charge in [0.25, 0.3) is 11.8 Å². The highest BCUT2D eigenvalue weighted by atomic mass is 127. The zero-order valence-corrected chi connectivity index (χ0v) is 19.0. The monoisotopic (exact) mass is 515 g/mol. The van der Waals surface area contributed by atoms with Gasteiger partial charge in [0.1, 0.15) is 11.3 Å². The van der Waals surface area contributed by atoms with Gasteiger partial charge in [0, 0.05) is 16.9 Å². The number of primary amides is 1. The minimum absolute atomic E-state index is 0.138. The average molecular weight is 515 g/mol. The summed E-state index contributed by atoms with van der Waals surface area (Å²) in [5.41, 5.74) is 6.87. The third-order valence-electron chi connectivity index (χ3n) is 4.14. The number of nitrogens with one attached hydrogen (secondary N) is 1. The molecule has 9 nitrogen and oxygen atoms in total. The van der Waals surface area contributed by atoms with Crippen LogP contribution in [0, 0.1) is 3.57 Å². The second-order valence-electron chi connectivity index (χ2n) is 6.27. The number of halogens is 1. The number of hydrogen-bond donors (Lipinski definition) is 2. The van der Waals surface area contributed by atoms with Gasteiger partial charge < -0.3 is 20.5 Å². The predicted molar refractivity (Wildman–Crippen MR) is 117 cm³/mol. The van der Waals surface area contributed by atoms with Crippen molar-refractivity contribution in [3.8, 4) is 5.88 Å². The Bertz CT molecular complexity index is 869. The van der Waals surface area contributed by atoms with E-state index in [1.165, 1.54) is 4.68 Å². The summed E-state index contributed by atoms with van der Waals surface area (Å²) in [6.07, 6.45) is 3.97. The van der Waals surface area contributed by atoms with Crippen molar-refractivity contribution in [3.63, 3.8) is 0 Å². The Morgan fingerprint density at radius 1 is 1.31 bits per heavy atom. The van der Waals surface area contributed by atoms with Crippen LogP contribution in [-0.4, -0.2) is 46.9 Å². The molecule has 0 fully saturated rings. The van der Waals surface area contributed by atoms with Gasteiger partial charge in [0.05, 0.1) is 31.1 Å². The van der Waals surface area contributed by atoms with Crippen LogP contribution in [0.25, 0.3) is 0 Å². The van der Waals surface area contributed by atoms with E-state index in [1.54, 1.807) is 19.4 Å². The molecular formula is C19H26IN5O4. The van der Waals surface area contributed by atoms with E-state index in [-0.39, 0.29) is 17.1 Å². The van der Waals surface area contributed by atoms with Gasteiger partial charge in [-0.3, -0.25) is 14.3 Å². The summed E-state index contributed by atoms with van der Waals surface area (Å²) in [5, 5.41) is 7.20. The molecule has 3 N–H and O–H groups in total. The van der Waals surface area contributed by atoms with Crippen LogP contribution >= 0.6 is 22.6 Å². The summed E-state index contributed by atoms with van der Waals surface area (Å²) >= 11 is 2.08. The lowest BCUT2D eigenvalue weighted by Gasteiger charge is -2.12. The largest absolute Gasteiger partial charge is 0.477 e. The highest BCUT2D eigenvalue weighted by Crippen LogP contribution is 2.25. The minimum atomic E-state index is -0.677. The van der Waals surface area contributed by atoms with Crippen molar-refractivity contribution in [3.05, 3.63) is 32.8 Å². The zero-order valence-electron chi connectivity index (χ0n) is 16.8. The van der Waals surface area contributed by atoms with Crippen LogP contribution in [0.15, 0.2) is 12.3 Å². The van der Waals surface area contributed by atoms with E-state index in [4.69, 9.17) is 15.2 Å². The molecule has 0 unspecified atom stereocenters. The number of nitrogens with two attached hydrogens (primary N) is 1. The second kappa shape index (κ2) is 11.1. The number of carbonyl (C=O) groups is 2. The number of aryl methyl sites for hydroxylation is 1. The first kappa shape index (κ1) is 23.1. The summed E-state index contributed by atoms with van der Waals surface area (Å²) in [7, 11) is 1.56. The number of ether oxygens (including phenoxy) is 2. The van der Waals surface area contributed by atoms with Crippen LogP contribution in [0.2, 0.25) is 0 Å². The summed E-state index contributed by atoms with van der Waals surface area (Å²) < 4.78 is 13.0. The van der Waals surface area contributed by atoms with E-state index >= 15 is 0 Å². The highest BCUT2D eigenvalue weighted by Gasteiger charge is 2.24. The van der Waals surface area contributed by atoms with Gasteiger partial charge in [-0.2, -0.15) is 5.10 Å². The summed E-state index contributed by atoms with van der Waals surface area (Å²) in [6.45, 7) is 5.10. The molecule has 0 aliphatic rings. The maximum atomic E-state index is 13.0. The van der Waals surface area contributed by atoms with Crippen LogP contribution in [-0.2, 0) is 17.7 Å². The van der Waals surface area contributed by atoms with E-state index in [1.807, 2.05) is 6.92 Å². The SMILES string of the molecule is CCCCOc1ncc(I)cc1C(=O)Nc1c(CC)nn(CCOC)c1C(N)=O. The Balaban J connectivity index is 2.38. The number of methoxy groups -OCH3 is 1. The molecule has 0 radical (unpaired) electrons. The van der Waals surface area contributed by atoms with E-state index in [0.29, 0.717) is 37.6 Å². The van der Waals surface area contributed by atoms with Crippen molar-refractivity contribution in [1.82, 2.24) is 14.8 Å². The molecule has 2 aromatic heterocycles. The fourth-order valence-corrected chi connectivity index (χ4v) is 3.13. The molecule has 2 rings (SSSR count). The molecule has 0 aliphatic heterocycles. The summed E-state index contributed by atoms with van der Waals surface area (Å²) in [6, 6.07) is 1.69. The molecule has 0 aromatic carbocycles. The summed E-state index contributed by atoms with van der Waals surface area (Å²) in [5.74, 6) is -0.864. The number of hydrogen-bond acceptors (Lipinski definition) is 6. The van der Waals surface area contributed by atoms with Crippen LogP contribution in [0.4, 0.5) is 5.69 Å². The van der Waals surface area contributed by atoms with Crippen molar-refractivity contribution in [2.75, 3.05) is 25.6 Å². The Morgan fingerprint density at radius 3 is 2.69 bits per heavy atom. The Morgan fingerprint density at radius 2 is 2.07 bits per heavy atom. The molecular weight excluding hydrogens is 489 g/mol. The molecule has 2 amide bonds. The van der Waals surface area contributed by atoms with E-state index in [0.717, 1.165) is 16.4 Å². The Kier molecular flexibility index (Phi) is 8.83. The highest BCUT2D eigenvalue weighted by molar-refractivity contribution is 14.1. The number of carbonyl (C=O) groups excluding carboxylic acids is 2. The minimum Gasteiger partial charge on any atom is -0.477 e. The van der Waals surface area contributed by atoms with Gasteiger partial charge >= 0.3 is 0 Å². The van der Waals surface area contributed by atoms with E-state index < -0.39 is 11.8 Å². The molecule has 0 atom stereocenters. The fourth-order valence-electron chi connectivity index (χ4n) is 2.68. The molecule has 0 aliphatic carbocycles. The normalized spacial score (nSPS) is 10.8. The number of anilines is 1. The average Bonchev–Trinajstić information content (AvgIpc) is 3.04. The van der Waals surface area contributed by atoms with Crippen molar-refractivity contribution >= 4 is 40.1 Å². The standard InChI is InChI=1S/C19H26IN5O4/c1-4-6-8-29-19-13(10-12(20)11-22-19)18(27)23-15-14(5-2)24-25(7-9-28-3)16(15)17(21)26/h10-11H,4-9H2,1-3H3,(H2,21,26)(H,23,27). The topological polar surface area (TPSA) is 121 Å². The smallest absolute Gasteiger partial charge is 0.269 e. The maximum absolute atomic E-state index is 13.0. The third-order valence-corrected chi connectivity index (χ3v) is 4.73. The van der Waals surface area contributed by atoms with Gasteiger partial charge in [0.2, 0.25) is 5.88 Å². The van der Waals surface area contributed by atoms with Crippen molar-refractivity contribution in [1.29, 1.82) is 0 Å². The fraction of sp³-hybridized carbons (Fsp3) is 0.474.